The smallest absolute Gasteiger partial charge is 0.138 e. The minimum atomic E-state index is -0.264. The molecule has 0 radical (unpaired) electrons. The molecule has 1 N–H and O–H groups in total. The molecular weight excluding hydrogens is 401 g/mol. The molecule has 0 amide bonds. The van der Waals surface area contributed by atoms with Crippen molar-refractivity contribution in [2.45, 2.75) is 20.1 Å². The fourth-order valence-electron chi connectivity index (χ4n) is 1.90. The average Bonchev–Trinajstić information content (AvgIpc) is 2.45. The summed E-state index contributed by atoms with van der Waals surface area (Å²) in [4.78, 5) is 0. The van der Waals surface area contributed by atoms with E-state index in [-0.39, 0.29) is 5.82 Å². The third kappa shape index (κ3) is 4.53. The molecule has 0 saturated heterocycles. The SMILES string of the molecule is CCNCc1cccc(Br)c1OCc1ccc(F)cc1Br. The minimum absolute atomic E-state index is 0.264. The Morgan fingerprint density at radius 2 is 1.90 bits per heavy atom. The zero-order valence-electron chi connectivity index (χ0n) is 11.6. The Kier molecular flexibility index (Phi) is 6.21. The monoisotopic (exact) mass is 415 g/mol. The van der Waals surface area contributed by atoms with Gasteiger partial charge in [0.05, 0.1) is 4.47 Å². The summed E-state index contributed by atoms with van der Waals surface area (Å²) < 4.78 is 20.6. The highest BCUT2D eigenvalue weighted by Gasteiger charge is 2.09. The number of ether oxygens (including phenoxy) is 1. The normalized spacial score (nSPS) is 10.7. The summed E-state index contributed by atoms with van der Waals surface area (Å²) in [6.45, 7) is 4.09. The largest absolute Gasteiger partial charge is 0.487 e. The lowest BCUT2D eigenvalue weighted by Gasteiger charge is -2.14. The van der Waals surface area contributed by atoms with Gasteiger partial charge in [-0.25, -0.2) is 4.39 Å². The lowest BCUT2D eigenvalue weighted by atomic mass is 10.2. The van der Waals surface area contributed by atoms with Gasteiger partial charge in [-0.15, -0.1) is 0 Å². The Bertz CT molecular complexity index is 619. The van der Waals surface area contributed by atoms with Crippen molar-refractivity contribution in [2.75, 3.05) is 6.54 Å². The molecule has 0 aliphatic heterocycles. The highest BCUT2D eigenvalue weighted by atomic mass is 79.9. The molecule has 0 aliphatic carbocycles. The van der Waals surface area contributed by atoms with Gasteiger partial charge in [-0.1, -0.05) is 41.1 Å². The zero-order valence-corrected chi connectivity index (χ0v) is 14.8. The number of para-hydroxylation sites is 1. The van der Waals surface area contributed by atoms with E-state index in [4.69, 9.17) is 4.74 Å². The van der Waals surface area contributed by atoms with Gasteiger partial charge in [-0.2, -0.15) is 0 Å². The molecule has 0 aromatic heterocycles. The van der Waals surface area contributed by atoms with Crippen LogP contribution in [0.4, 0.5) is 4.39 Å². The van der Waals surface area contributed by atoms with Crippen LogP contribution in [-0.2, 0) is 13.2 Å². The van der Waals surface area contributed by atoms with Crippen LogP contribution >= 0.6 is 31.9 Å². The Morgan fingerprint density at radius 1 is 1.10 bits per heavy atom. The Hall–Kier alpha value is -0.910. The van der Waals surface area contributed by atoms with Gasteiger partial charge in [0.2, 0.25) is 0 Å². The number of benzene rings is 2. The van der Waals surface area contributed by atoms with Crippen molar-refractivity contribution in [3.05, 3.63) is 62.3 Å². The van der Waals surface area contributed by atoms with Crippen molar-refractivity contribution in [3.63, 3.8) is 0 Å². The van der Waals surface area contributed by atoms with Gasteiger partial charge in [0.25, 0.3) is 0 Å². The molecule has 112 valence electrons. The molecule has 2 nitrogen and oxygen atoms in total. The topological polar surface area (TPSA) is 21.3 Å². The van der Waals surface area contributed by atoms with E-state index >= 15 is 0 Å². The van der Waals surface area contributed by atoms with Crippen LogP contribution in [0.25, 0.3) is 0 Å². The summed E-state index contributed by atoms with van der Waals surface area (Å²) in [5, 5.41) is 3.29. The van der Waals surface area contributed by atoms with Gasteiger partial charge < -0.3 is 10.1 Å². The van der Waals surface area contributed by atoms with Crippen LogP contribution in [-0.4, -0.2) is 6.54 Å². The number of hydrogen-bond acceptors (Lipinski definition) is 2. The molecular formula is C16H16Br2FNO. The second-order valence-electron chi connectivity index (χ2n) is 4.53. The van der Waals surface area contributed by atoms with E-state index in [1.807, 2.05) is 18.2 Å². The van der Waals surface area contributed by atoms with E-state index in [2.05, 4.69) is 44.1 Å². The van der Waals surface area contributed by atoms with Gasteiger partial charge in [0.1, 0.15) is 18.2 Å². The van der Waals surface area contributed by atoms with Gasteiger partial charge in [0, 0.05) is 22.1 Å². The maximum atomic E-state index is 13.1. The van der Waals surface area contributed by atoms with Crippen molar-refractivity contribution in [2.24, 2.45) is 0 Å². The molecule has 5 heteroatoms. The van der Waals surface area contributed by atoms with Gasteiger partial charge in [-0.05, 0) is 40.7 Å². The standard InChI is InChI=1S/C16H16Br2FNO/c1-2-20-9-11-4-3-5-14(17)16(11)21-10-12-6-7-13(19)8-15(12)18/h3-8,20H,2,9-10H2,1H3. The molecule has 0 heterocycles. The molecule has 0 saturated carbocycles. The molecule has 2 aromatic rings. The van der Waals surface area contributed by atoms with Crippen LogP contribution in [0.1, 0.15) is 18.1 Å². The quantitative estimate of drug-likeness (QED) is 0.712. The first kappa shape index (κ1) is 16.5. The molecule has 0 atom stereocenters. The van der Waals surface area contributed by atoms with E-state index in [0.717, 1.165) is 34.4 Å². The number of rotatable bonds is 6. The Balaban J connectivity index is 2.15. The van der Waals surface area contributed by atoms with Crippen molar-refractivity contribution >= 4 is 31.9 Å². The summed E-state index contributed by atoms with van der Waals surface area (Å²) >= 11 is 6.87. The highest BCUT2D eigenvalue weighted by Crippen LogP contribution is 2.30. The zero-order chi connectivity index (χ0) is 15.2. The summed E-state index contributed by atoms with van der Waals surface area (Å²) in [5.74, 6) is 0.550. The first-order chi connectivity index (χ1) is 10.1. The van der Waals surface area contributed by atoms with Crippen molar-refractivity contribution in [3.8, 4) is 5.75 Å². The molecule has 0 aliphatic rings. The van der Waals surface area contributed by atoms with Gasteiger partial charge in [0.15, 0.2) is 0 Å². The van der Waals surface area contributed by atoms with Crippen molar-refractivity contribution in [1.29, 1.82) is 0 Å². The fourth-order valence-corrected chi connectivity index (χ4v) is 2.89. The predicted molar refractivity (Wildman–Crippen MR) is 90.0 cm³/mol. The van der Waals surface area contributed by atoms with Crippen molar-refractivity contribution in [1.82, 2.24) is 5.32 Å². The van der Waals surface area contributed by atoms with Crippen LogP contribution in [0, 0.1) is 5.82 Å². The molecule has 0 fully saturated rings. The predicted octanol–water partition coefficient (Wildman–Crippen LogP) is 5.04. The maximum Gasteiger partial charge on any atom is 0.138 e. The molecule has 0 unspecified atom stereocenters. The molecule has 2 aromatic carbocycles. The Morgan fingerprint density at radius 3 is 2.62 bits per heavy atom. The van der Waals surface area contributed by atoms with Crippen LogP contribution in [0.15, 0.2) is 45.3 Å². The second-order valence-corrected chi connectivity index (χ2v) is 6.24. The van der Waals surface area contributed by atoms with Crippen LogP contribution in [0.3, 0.4) is 0 Å². The maximum absolute atomic E-state index is 13.1. The summed E-state index contributed by atoms with van der Waals surface area (Å²) in [5.41, 5.74) is 1.99. The number of halogens is 3. The van der Waals surface area contributed by atoms with Gasteiger partial charge in [-0.3, -0.25) is 0 Å². The third-order valence-corrected chi connectivity index (χ3v) is 4.36. The van der Waals surface area contributed by atoms with E-state index < -0.39 is 0 Å². The summed E-state index contributed by atoms with van der Waals surface area (Å²) in [6, 6.07) is 10.6. The minimum Gasteiger partial charge on any atom is -0.487 e. The second kappa shape index (κ2) is 7.92. The summed E-state index contributed by atoms with van der Waals surface area (Å²) in [7, 11) is 0. The lowest BCUT2D eigenvalue weighted by Crippen LogP contribution is -2.13. The molecule has 2 rings (SSSR count). The lowest BCUT2D eigenvalue weighted by molar-refractivity contribution is 0.299. The molecule has 0 spiro atoms. The number of nitrogens with one attached hydrogen (secondary N) is 1. The van der Waals surface area contributed by atoms with E-state index in [1.165, 1.54) is 12.1 Å². The third-order valence-electron chi connectivity index (χ3n) is 3.00. The average molecular weight is 417 g/mol. The van der Waals surface area contributed by atoms with Crippen molar-refractivity contribution < 1.29 is 9.13 Å². The number of hydrogen-bond donors (Lipinski definition) is 1. The first-order valence-electron chi connectivity index (χ1n) is 6.66. The van der Waals surface area contributed by atoms with Crippen LogP contribution in [0.2, 0.25) is 0 Å². The summed E-state index contributed by atoms with van der Waals surface area (Å²) in [6.07, 6.45) is 0. The van der Waals surface area contributed by atoms with E-state index in [1.54, 1.807) is 6.07 Å². The van der Waals surface area contributed by atoms with E-state index in [0.29, 0.717) is 11.1 Å². The molecule has 21 heavy (non-hydrogen) atoms. The Labute approximate surface area is 141 Å². The van der Waals surface area contributed by atoms with E-state index in [9.17, 15) is 4.39 Å². The van der Waals surface area contributed by atoms with Crippen LogP contribution in [0.5, 0.6) is 5.75 Å². The first-order valence-corrected chi connectivity index (χ1v) is 8.25. The van der Waals surface area contributed by atoms with Crippen LogP contribution < -0.4 is 10.1 Å². The highest BCUT2D eigenvalue weighted by molar-refractivity contribution is 9.10. The fraction of sp³-hybridized carbons (Fsp3) is 0.250. The molecule has 0 bridgehead atoms. The van der Waals surface area contributed by atoms with Gasteiger partial charge >= 0.3 is 0 Å².